The number of hydrogen-bond acceptors (Lipinski definition) is 3. The molecule has 2 aromatic rings. The molecule has 3 rings (SSSR count). The van der Waals surface area contributed by atoms with E-state index in [1.54, 1.807) is 7.11 Å². The van der Waals surface area contributed by atoms with Crippen LogP contribution in [-0.4, -0.2) is 43.6 Å². The third-order valence-electron chi connectivity index (χ3n) is 5.82. The van der Waals surface area contributed by atoms with Crippen LogP contribution in [-0.2, 0) is 17.6 Å². The van der Waals surface area contributed by atoms with Gasteiger partial charge in [0, 0.05) is 6.54 Å². The molecule has 150 valence electrons. The molecule has 2 aromatic carbocycles. The normalized spacial score (nSPS) is 16.5. The van der Waals surface area contributed by atoms with Crippen LogP contribution in [0.25, 0.3) is 0 Å². The van der Waals surface area contributed by atoms with Gasteiger partial charge in [-0.15, -0.1) is 0 Å². The summed E-state index contributed by atoms with van der Waals surface area (Å²) in [5, 5.41) is 3.10. The number of amides is 1. The highest BCUT2D eigenvalue weighted by Crippen LogP contribution is 2.23. The quantitative estimate of drug-likeness (QED) is 0.759. The van der Waals surface area contributed by atoms with E-state index in [0.717, 1.165) is 37.6 Å². The zero-order valence-electron chi connectivity index (χ0n) is 17.1. The molecule has 4 nitrogen and oxygen atoms in total. The van der Waals surface area contributed by atoms with Crippen LogP contribution < -0.4 is 10.1 Å². The molecule has 1 aliphatic rings. The molecule has 0 unspecified atom stereocenters. The number of likely N-dealkylation sites (tertiary alicyclic amines) is 1. The first-order valence-electron chi connectivity index (χ1n) is 10.3. The highest BCUT2D eigenvalue weighted by molar-refractivity contribution is 5.81. The minimum absolute atomic E-state index is 0.0615. The summed E-state index contributed by atoms with van der Waals surface area (Å²) in [6, 6.07) is 18.7. The van der Waals surface area contributed by atoms with Crippen LogP contribution in [0.15, 0.2) is 54.6 Å². The van der Waals surface area contributed by atoms with Gasteiger partial charge >= 0.3 is 0 Å². The molecular formula is C24H32N2O2. The number of methoxy groups -OCH3 is 1. The molecule has 1 saturated heterocycles. The third kappa shape index (κ3) is 5.83. The van der Waals surface area contributed by atoms with Gasteiger partial charge in [-0.25, -0.2) is 0 Å². The Morgan fingerprint density at radius 2 is 1.75 bits per heavy atom. The van der Waals surface area contributed by atoms with E-state index in [2.05, 4.69) is 40.5 Å². The van der Waals surface area contributed by atoms with Crippen LogP contribution in [0.1, 0.15) is 30.9 Å². The van der Waals surface area contributed by atoms with Gasteiger partial charge in [0.05, 0.1) is 13.2 Å². The molecule has 1 amide bonds. The second-order valence-corrected chi connectivity index (χ2v) is 7.73. The van der Waals surface area contributed by atoms with Crippen molar-refractivity contribution in [2.24, 2.45) is 5.92 Å². The lowest BCUT2D eigenvalue weighted by Gasteiger charge is -2.35. The van der Waals surface area contributed by atoms with E-state index in [9.17, 15) is 4.79 Å². The first-order valence-corrected chi connectivity index (χ1v) is 10.3. The summed E-state index contributed by atoms with van der Waals surface area (Å²) in [4.78, 5) is 14.9. The molecule has 0 spiro atoms. The van der Waals surface area contributed by atoms with E-state index < -0.39 is 0 Å². The van der Waals surface area contributed by atoms with Crippen molar-refractivity contribution >= 4 is 5.91 Å². The summed E-state index contributed by atoms with van der Waals surface area (Å²) in [5.74, 6) is 1.72. The van der Waals surface area contributed by atoms with E-state index in [1.165, 1.54) is 24.0 Å². The number of nitrogens with zero attached hydrogens (tertiary/aromatic N) is 1. The van der Waals surface area contributed by atoms with Crippen LogP contribution in [0.5, 0.6) is 5.75 Å². The second kappa shape index (κ2) is 10.3. The fourth-order valence-electron chi connectivity index (χ4n) is 3.93. The zero-order chi connectivity index (χ0) is 19.8. The van der Waals surface area contributed by atoms with Crippen molar-refractivity contribution in [3.63, 3.8) is 0 Å². The predicted octanol–water partition coefficient (Wildman–Crippen LogP) is 3.70. The van der Waals surface area contributed by atoms with Gasteiger partial charge in [-0.2, -0.15) is 0 Å². The smallest absolute Gasteiger partial charge is 0.237 e. The Morgan fingerprint density at radius 3 is 2.39 bits per heavy atom. The number of benzene rings is 2. The highest BCUT2D eigenvalue weighted by Gasteiger charge is 2.26. The van der Waals surface area contributed by atoms with Crippen molar-refractivity contribution in [2.75, 3.05) is 26.7 Å². The Labute approximate surface area is 168 Å². The first kappa shape index (κ1) is 20.4. The molecule has 0 saturated carbocycles. The van der Waals surface area contributed by atoms with Crippen molar-refractivity contribution in [2.45, 2.75) is 38.6 Å². The Kier molecular flexibility index (Phi) is 7.49. The van der Waals surface area contributed by atoms with Crippen molar-refractivity contribution in [1.82, 2.24) is 10.2 Å². The number of ether oxygens (including phenoxy) is 1. The molecule has 1 heterocycles. The summed E-state index contributed by atoms with van der Waals surface area (Å²) in [5.41, 5.74) is 2.63. The lowest BCUT2D eigenvalue weighted by Crippen LogP contribution is -2.48. The number of piperidine rings is 1. The van der Waals surface area contributed by atoms with Gasteiger partial charge in [-0.05, 0) is 74.9 Å². The lowest BCUT2D eigenvalue weighted by molar-refractivity contribution is -0.126. The number of nitrogens with one attached hydrogen (secondary N) is 1. The molecule has 1 N–H and O–H groups in total. The molecule has 1 fully saturated rings. The lowest BCUT2D eigenvalue weighted by atomic mass is 9.89. The molecule has 0 aromatic heterocycles. The monoisotopic (exact) mass is 380 g/mol. The molecule has 1 aliphatic heterocycles. The summed E-state index contributed by atoms with van der Waals surface area (Å²) in [6.07, 6.45) is 4.31. The maximum atomic E-state index is 12.5. The van der Waals surface area contributed by atoms with Gasteiger partial charge in [0.1, 0.15) is 5.75 Å². The fraction of sp³-hybridized carbons (Fsp3) is 0.458. The topological polar surface area (TPSA) is 41.6 Å². The van der Waals surface area contributed by atoms with Crippen molar-refractivity contribution in [3.8, 4) is 5.75 Å². The van der Waals surface area contributed by atoms with Crippen LogP contribution in [0.4, 0.5) is 0 Å². The standard InChI is InChI=1S/C24H32N2O2/c1-19(24(27)25-15-12-20-8-10-23(28-2)11-9-20)26-16-13-22(14-17-26)18-21-6-4-3-5-7-21/h3-11,19,22H,12-18H2,1-2H3,(H,25,27)/t19-/m0/s1. The van der Waals surface area contributed by atoms with Crippen LogP contribution >= 0.6 is 0 Å². The number of rotatable bonds is 8. The summed E-state index contributed by atoms with van der Waals surface area (Å²) in [6.45, 7) is 4.70. The molecule has 0 aliphatic carbocycles. The van der Waals surface area contributed by atoms with E-state index in [1.807, 2.05) is 31.2 Å². The number of carbonyl (C=O) groups is 1. The van der Waals surface area contributed by atoms with Crippen molar-refractivity contribution < 1.29 is 9.53 Å². The number of hydrogen-bond donors (Lipinski definition) is 1. The fourth-order valence-corrected chi connectivity index (χ4v) is 3.93. The molecule has 1 atom stereocenters. The van der Waals surface area contributed by atoms with E-state index >= 15 is 0 Å². The minimum atomic E-state index is -0.0615. The van der Waals surface area contributed by atoms with E-state index in [4.69, 9.17) is 4.74 Å². The summed E-state index contributed by atoms with van der Waals surface area (Å²) < 4.78 is 5.18. The van der Waals surface area contributed by atoms with Gasteiger partial charge in [0.15, 0.2) is 0 Å². The zero-order valence-corrected chi connectivity index (χ0v) is 17.1. The Morgan fingerprint density at radius 1 is 1.07 bits per heavy atom. The first-order chi connectivity index (χ1) is 13.7. The molecule has 4 heteroatoms. The van der Waals surface area contributed by atoms with Gasteiger partial charge in [-0.3, -0.25) is 9.69 Å². The number of carbonyl (C=O) groups excluding carboxylic acids is 1. The average molecular weight is 381 g/mol. The molecule has 0 bridgehead atoms. The predicted molar refractivity (Wildman–Crippen MR) is 114 cm³/mol. The van der Waals surface area contributed by atoms with E-state index in [-0.39, 0.29) is 11.9 Å². The SMILES string of the molecule is COc1ccc(CCNC(=O)[C@H](C)N2CCC(Cc3ccccc3)CC2)cc1. The second-order valence-electron chi connectivity index (χ2n) is 7.73. The molecule has 28 heavy (non-hydrogen) atoms. The summed E-state index contributed by atoms with van der Waals surface area (Å²) >= 11 is 0. The average Bonchev–Trinajstić information content (AvgIpc) is 2.75. The van der Waals surface area contributed by atoms with Gasteiger partial charge in [0.2, 0.25) is 5.91 Å². The molecule has 0 radical (unpaired) electrons. The van der Waals surface area contributed by atoms with Crippen molar-refractivity contribution in [3.05, 3.63) is 65.7 Å². The maximum Gasteiger partial charge on any atom is 0.237 e. The Hall–Kier alpha value is -2.33. The van der Waals surface area contributed by atoms with E-state index in [0.29, 0.717) is 6.54 Å². The minimum Gasteiger partial charge on any atom is -0.497 e. The van der Waals surface area contributed by atoms with Crippen LogP contribution in [0.2, 0.25) is 0 Å². The van der Waals surface area contributed by atoms with Gasteiger partial charge < -0.3 is 10.1 Å². The maximum absolute atomic E-state index is 12.5. The van der Waals surface area contributed by atoms with Crippen molar-refractivity contribution in [1.29, 1.82) is 0 Å². The Bertz CT molecular complexity index is 722. The Balaban J connectivity index is 1.37. The summed E-state index contributed by atoms with van der Waals surface area (Å²) in [7, 11) is 1.67. The highest BCUT2D eigenvalue weighted by atomic mass is 16.5. The van der Waals surface area contributed by atoms with Crippen LogP contribution in [0.3, 0.4) is 0 Å². The van der Waals surface area contributed by atoms with Crippen LogP contribution in [0, 0.1) is 5.92 Å². The third-order valence-corrected chi connectivity index (χ3v) is 5.82. The largest absolute Gasteiger partial charge is 0.497 e. The van der Waals surface area contributed by atoms with Gasteiger partial charge in [-0.1, -0.05) is 42.5 Å². The van der Waals surface area contributed by atoms with Gasteiger partial charge in [0.25, 0.3) is 0 Å². The molecular weight excluding hydrogens is 348 g/mol.